The highest BCUT2D eigenvalue weighted by molar-refractivity contribution is 5.78. The number of aliphatic carboxylic acids is 1. The SMILES string of the molecule is COc1cccc(CC(=O)NCc2ccc(CN(C)C)cc2)c1.O=C(O)C(F)(F)F. The number of carbonyl (C=O) groups is 2. The summed E-state index contributed by atoms with van der Waals surface area (Å²) in [6.07, 6.45) is -4.73. The molecule has 6 nitrogen and oxygen atoms in total. The number of carboxylic acids is 1. The number of rotatable bonds is 7. The zero-order valence-corrected chi connectivity index (χ0v) is 17.0. The third-order valence-electron chi connectivity index (χ3n) is 3.75. The van der Waals surface area contributed by atoms with Crippen LogP contribution in [0.2, 0.25) is 0 Å². The van der Waals surface area contributed by atoms with E-state index in [1.807, 2.05) is 38.4 Å². The number of carboxylic acid groups (broad SMARTS) is 1. The maximum Gasteiger partial charge on any atom is 0.490 e. The van der Waals surface area contributed by atoms with Gasteiger partial charge in [-0.25, -0.2) is 4.79 Å². The van der Waals surface area contributed by atoms with Crippen LogP contribution >= 0.6 is 0 Å². The van der Waals surface area contributed by atoms with Gasteiger partial charge in [0.15, 0.2) is 0 Å². The molecule has 0 bridgehead atoms. The normalized spacial score (nSPS) is 10.8. The first-order chi connectivity index (χ1) is 14.0. The number of ether oxygens (including phenoxy) is 1. The smallest absolute Gasteiger partial charge is 0.490 e. The van der Waals surface area contributed by atoms with Crippen molar-refractivity contribution in [3.63, 3.8) is 0 Å². The molecule has 0 radical (unpaired) electrons. The first-order valence-corrected chi connectivity index (χ1v) is 8.93. The van der Waals surface area contributed by atoms with E-state index in [2.05, 4.69) is 34.5 Å². The minimum absolute atomic E-state index is 0.00983. The monoisotopic (exact) mass is 426 g/mol. The second-order valence-corrected chi connectivity index (χ2v) is 6.66. The third-order valence-corrected chi connectivity index (χ3v) is 3.75. The van der Waals surface area contributed by atoms with Gasteiger partial charge in [0.25, 0.3) is 0 Å². The van der Waals surface area contributed by atoms with Gasteiger partial charge in [-0.1, -0.05) is 36.4 Å². The molecule has 2 N–H and O–H groups in total. The van der Waals surface area contributed by atoms with Crippen LogP contribution in [-0.2, 0) is 29.1 Å². The number of methoxy groups -OCH3 is 1. The van der Waals surface area contributed by atoms with Crippen molar-refractivity contribution in [1.29, 1.82) is 0 Å². The molecule has 30 heavy (non-hydrogen) atoms. The summed E-state index contributed by atoms with van der Waals surface area (Å²) < 4.78 is 36.9. The summed E-state index contributed by atoms with van der Waals surface area (Å²) in [7, 11) is 5.72. The van der Waals surface area contributed by atoms with Crippen LogP contribution in [0.25, 0.3) is 0 Å². The van der Waals surface area contributed by atoms with Crippen LogP contribution in [0.15, 0.2) is 48.5 Å². The van der Waals surface area contributed by atoms with Gasteiger partial charge in [0.1, 0.15) is 5.75 Å². The minimum Gasteiger partial charge on any atom is -0.497 e. The quantitative estimate of drug-likeness (QED) is 0.711. The van der Waals surface area contributed by atoms with Crippen molar-refractivity contribution in [3.05, 3.63) is 65.2 Å². The molecule has 164 valence electrons. The molecule has 0 fully saturated rings. The first kappa shape index (κ1) is 25.0. The number of benzene rings is 2. The average Bonchev–Trinajstić information content (AvgIpc) is 2.67. The molecule has 0 saturated carbocycles. The molecule has 0 aliphatic rings. The fourth-order valence-corrected chi connectivity index (χ4v) is 2.36. The molecule has 0 aromatic heterocycles. The molecule has 0 saturated heterocycles. The number of carbonyl (C=O) groups excluding carboxylic acids is 1. The van der Waals surface area contributed by atoms with E-state index in [0.717, 1.165) is 23.4 Å². The third kappa shape index (κ3) is 9.92. The van der Waals surface area contributed by atoms with Crippen molar-refractivity contribution >= 4 is 11.9 Å². The lowest BCUT2D eigenvalue weighted by molar-refractivity contribution is -0.192. The summed E-state index contributed by atoms with van der Waals surface area (Å²) in [5.74, 6) is -1.98. The number of halogens is 3. The molecule has 0 aliphatic heterocycles. The fourth-order valence-electron chi connectivity index (χ4n) is 2.36. The molecule has 0 spiro atoms. The van der Waals surface area contributed by atoms with Crippen molar-refractivity contribution < 1.29 is 32.6 Å². The van der Waals surface area contributed by atoms with E-state index < -0.39 is 12.1 Å². The summed E-state index contributed by atoms with van der Waals surface area (Å²) in [4.78, 5) is 23.1. The highest BCUT2D eigenvalue weighted by Gasteiger charge is 2.38. The Morgan fingerprint density at radius 3 is 2.10 bits per heavy atom. The molecule has 0 aliphatic carbocycles. The van der Waals surface area contributed by atoms with Crippen molar-refractivity contribution in [3.8, 4) is 5.75 Å². The lowest BCUT2D eigenvalue weighted by Gasteiger charge is -2.10. The predicted octanol–water partition coefficient (Wildman–Crippen LogP) is 3.25. The van der Waals surface area contributed by atoms with Gasteiger partial charge in [-0.15, -0.1) is 0 Å². The van der Waals surface area contributed by atoms with E-state index in [9.17, 15) is 18.0 Å². The number of hydrogen-bond acceptors (Lipinski definition) is 4. The van der Waals surface area contributed by atoms with Gasteiger partial charge >= 0.3 is 12.1 Å². The Balaban J connectivity index is 0.000000553. The molecule has 0 atom stereocenters. The van der Waals surface area contributed by atoms with Gasteiger partial charge in [-0.3, -0.25) is 4.79 Å². The molecular formula is C21H25F3N2O4. The summed E-state index contributed by atoms with van der Waals surface area (Å²) in [5.41, 5.74) is 3.32. The van der Waals surface area contributed by atoms with E-state index in [1.54, 1.807) is 7.11 Å². The Kier molecular flexibility index (Phi) is 9.83. The largest absolute Gasteiger partial charge is 0.497 e. The topological polar surface area (TPSA) is 78.9 Å². The summed E-state index contributed by atoms with van der Waals surface area (Å²) >= 11 is 0. The molecule has 0 unspecified atom stereocenters. The highest BCUT2D eigenvalue weighted by Crippen LogP contribution is 2.14. The Labute approximate surface area is 173 Å². The van der Waals surface area contributed by atoms with Crippen LogP contribution in [-0.4, -0.2) is 49.3 Å². The van der Waals surface area contributed by atoms with Crippen molar-refractivity contribution in [2.45, 2.75) is 25.7 Å². The van der Waals surface area contributed by atoms with Gasteiger partial charge in [-0.05, 0) is 42.9 Å². The Bertz CT molecular complexity index is 822. The van der Waals surface area contributed by atoms with Crippen LogP contribution < -0.4 is 10.1 Å². The Morgan fingerprint density at radius 2 is 1.60 bits per heavy atom. The summed E-state index contributed by atoms with van der Waals surface area (Å²) in [6.45, 7) is 1.47. The van der Waals surface area contributed by atoms with Crippen molar-refractivity contribution in [1.82, 2.24) is 10.2 Å². The second kappa shape index (κ2) is 11.8. The van der Waals surface area contributed by atoms with Crippen LogP contribution in [0.3, 0.4) is 0 Å². The van der Waals surface area contributed by atoms with Gasteiger partial charge in [0.2, 0.25) is 5.91 Å². The first-order valence-electron chi connectivity index (χ1n) is 8.93. The number of nitrogens with zero attached hydrogens (tertiary/aromatic N) is 1. The molecule has 2 rings (SSSR count). The molecule has 0 heterocycles. The molecular weight excluding hydrogens is 401 g/mol. The predicted molar refractivity (Wildman–Crippen MR) is 106 cm³/mol. The summed E-state index contributed by atoms with van der Waals surface area (Å²) in [6, 6.07) is 15.9. The van der Waals surface area contributed by atoms with E-state index in [-0.39, 0.29) is 5.91 Å². The lowest BCUT2D eigenvalue weighted by atomic mass is 10.1. The van der Waals surface area contributed by atoms with Crippen LogP contribution in [0.4, 0.5) is 13.2 Å². The average molecular weight is 426 g/mol. The second-order valence-electron chi connectivity index (χ2n) is 6.66. The number of alkyl halides is 3. The maximum atomic E-state index is 12.0. The van der Waals surface area contributed by atoms with E-state index in [4.69, 9.17) is 14.6 Å². The Morgan fingerprint density at radius 1 is 1.03 bits per heavy atom. The summed E-state index contributed by atoms with van der Waals surface area (Å²) in [5, 5.41) is 10.1. The van der Waals surface area contributed by atoms with Crippen molar-refractivity contribution in [2.75, 3.05) is 21.2 Å². The van der Waals surface area contributed by atoms with Crippen LogP contribution in [0.1, 0.15) is 16.7 Å². The Hall–Kier alpha value is -3.07. The van der Waals surface area contributed by atoms with Crippen LogP contribution in [0.5, 0.6) is 5.75 Å². The van der Waals surface area contributed by atoms with E-state index >= 15 is 0 Å². The zero-order valence-electron chi connectivity index (χ0n) is 17.0. The fraction of sp³-hybridized carbons (Fsp3) is 0.333. The number of amides is 1. The number of nitrogens with one attached hydrogen (secondary N) is 1. The van der Waals surface area contributed by atoms with Gasteiger partial charge in [-0.2, -0.15) is 13.2 Å². The zero-order chi connectivity index (χ0) is 22.7. The maximum absolute atomic E-state index is 12.0. The minimum atomic E-state index is -5.08. The van der Waals surface area contributed by atoms with E-state index in [1.165, 1.54) is 5.56 Å². The molecule has 9 heteroatoms. The standard InChI is InChI=1S/C19H24N2O2.C2HF3O2/c1-21(2)14-16-9-7-15(8-10-16)13-20-19(22)12-17-5-4-6-18(11-17)23-3;3-2(4,5)1(6)7/h4-11H,12-14H2,1-3H3,(H,20,22);(H,6,7). The highest BCUT2D eigenvalue weighted by atomic mass is 19.4. The van der Waals surface area contributed by atoms with Gasteiger partial charge < -0.3 is 20.1 Å². The van der Waals surface area contributed by atoms with Crippen molar-refractivity contribution in [2.24, 2.45) is 0 Å². The van der Waals surface area contributed by atoms with Crippen LogP contribution in [0, 0.1) is 0 Å². The molecule has 1 amide bonds. The lowest BCUT2D eigenvalue weighted by Crippen LogP contribution is -2.24. The number of hydrogen-bond donors (Lipinski definition) is 2. The molecule has 2 aromatic rings. The molecule has 2 aromatic carbocycles. The van der Waals surface area contributed by atoms with Gasteiger partial charge in [0, 0.05) is 13.1 Å². The van der Waals surface area contributed by atoms with Gasteiger partial charge in [0.05, 0.1) is 13.5 Å². The van der Waals surface area contributed by atoms with E-state index in [0.29, 0.717) is 13.0 Å².